The van der Waals surface area contributed by atoms with Gasteiger partial charge in [-0.05, 0) is 12.8 Å². The van der Waals surface area contributed by atoms with E-state index in [4.69, 9.17) is 11.2 Å². The van der Waals surface area contributed by atoms with Crippen molar-refractivity contribution >= 4 is 29.9 Å². The van der Waals surface area contributed by atoms with Crippen molar-refractivity contribution in [1.29, 1.82) is 0 Å². The standard InChI is InChI=1S/C12H21N3O.HI/c1-3-8-14-12(13-2)15-9-10-16-11-6-4-5-7-11;/h1,11H,4-10H2,2H3,(H2,13,14,15);1H. The fraction of sp³-hybridized carbons (Fsp3) is 0.750. The summed E-state index contributed by atoms with van der Waals surface area (Å²) in [5, 5.41) is 6.14. The molecule has 0 spiro atoms. The van der Waals surface area contributed by atoms with E-state index in [2.05, 4.69) is 21.5 Å². The lowest BCUT2D eigenvalue weighted by atomic mass is 10.3. The average molecular weight is 351 g/mol. The van der Waals surface area contributed by atoms with Crippen LogP contribution < -0.4 is 10.6 Å². The third-order valence-electron chi connectivity index (χ3n) is 2.63. The van der Waals surface area contributed by atoms with Crippen molar-refractivity contribution in [2.45, 2.75) is 31.8 Å². The molecular weight excluding hydrogens is 329 g/mol. The zero-order valence-electron chi connectivity index (χ0n) is 10.4. The van der Waals surface area contributed by atoms with Gasteiger partial charge in [-0.2, -0.15) is 0 Å². The first kappa shape index (κ1) is 16.5. The lowest BCUT2D eigenvalue weighted by Gasteiger charge is -2.13. The van der Waals surface area contributed by atoms with Gasteiger partial charge in [0, 0.05) is 13.6 Å². The molecule has 0 aromatic carbocycles. The summed E-state index contributed by atoms with van der Waals surface area (Å²) in [6.07, 6.45) is 10.7. The van der Waals surface area contributed by atoms with Crippen LogP contribution in [-0.4, -0.2) is 38.8 Å². The lowest BCUT2D eigenvalue weighted by molar-refractivity contribution is 0.0622. The molecule has 17 heavy (non-hydrogen) atoms. The average Bonchev–Trinajstić information content (AvgIpc) is 2.81. The van der Waals surface area contributed by atoms with Crippen molar-refractivity contribution in [2.75, 3.05) is 26.7 Å². The van der Waals surface area contributed by atoms with Gasteiger partial charge in [0.15, 0.2) is 5.96 Å². The number of ether oxygens (including phenoxy) is 1. The lowest BCUT2D eigenvalue weighted by Crippen LogP contribution is -2.39. The van der Waals surface area contributed by atoms with Crippen molar-refractivity contribution in [2.24, 2.45) is 4.99 Å². The van der Waals surface area contributed by atoms with E-state index in [-0.39, 0.29) is 24.0 Å². The smallest absolute Gasteiger partial charge is 0.191 e. The summed E-state index contributed by atoms with van der Waals surface area (Å²) in [6.45, 7) is 1.98. The molecule has 98 valence electrons. The van der Waals surface area contributed by atoms with E-state index in [1.807, 2.05) is 0 Å². The number of nitrogens with zero attached hydrogens (tertiary/aromatic N) is 1. The number of rotatable bonds is 5. The summed E-state index contributed by atoms with van der Waals surface area (Å²) in [4.78, 5) is 4.04. The van der Waals surface area contributed by atoms with Crippen LogP contribution in [0.5, 0.6) is 0 Å². The van der Waals surface area contributed by atoms with Gasteiger partial charge >= 0.3 is 0 Å². The zero-order chi connectivity index (χ0) is 11.6. The molecule has 0 amide bonds. The molecule has 0 aliphatic heterocycles. The van der Waals surface area contributed by atoms with Crippen LogP contribution in [0, 0.1) is 12.3 Å². The number of nitrogens with one attached hydrogen (secondary N) is 2. The van der Waals surface area contributed by atoms with Crippen molar-refractivity contribution in [3.8, 4) is 12.3 Å². The van der Waals surface area contributed by atoms with Crippen LogP contribution in [0.1, 0.15) is 25.7 Å². The maximum atomic E-state index is 5.72. The Morgan fingerprint density at radius 3 is 2.71 bits per heavy atom. The minimum Gasteiger partial charge on any atom is -0.376 e. The van der Waals surface area contributed by atoms with Crippen LogP contribution >= 0.6 is 24.0 Å². The second-order valence-corrected chi connectivity index (χ2v) is 3.83. The molecule has 5 heteroatoms. The molecule has 0 heterocycles. The van der Waals surface area contributed by atoms with Crippen LogP contribution in [-0.2, 0) is 4.74 Å². The predicted molar refractivity (Wildman–Crippen MR) is 81.8 cm³/mol. The first-order valence-corrected chi connectivity index (χ1v) is 5.86. The van der Waals surface area contributed by atoms with Gasteiger partial charge in [-0.15, -0.1) is 30.4 Å². The first-order chi connectivity index (χ1) is 7.86. The van der Waals surface area contributed by atoms with Gasteiger partial charge in [-0.1, -0.05) is 18.8 Å². The van der Waals surface area contributed by atoms with Gasteiger partial charge in [0.2, 0.25) is 0 Å². The highest BCUT2D eigenvalue weighted by Crippen LogP contribution is 2.20. The minimum absolute atomic E-state index is 0. The topological polar surface area (TPSA) is 45.7 Å². The van der Waals surface area contributed by atoms with Gasteiger partial charge in [0.25, 0.3) is 0 Å². The molecule has 1 rings (SSSR count). The summed E-state index contributed by atoms with van der Waals surface area (Å²) in [5.41, 5.74) is 0. The molecular formula is C12H22IN3O. The van der Waals surface area contributed by atoms with Crippen LogP contribution in [0.15, 0.2) is 4.99 Å². The normalized spacial score (nSPS) is 16.1. The summed E-state index contributed by atoms with van der Waals surface area (Å²) < 4.78 is 5.72. The van der Waals surface area contributed by atoms with Gasteiger partial charge in [-0.25, -0.2) is 0 Å². The second kappa shape index (κ2) is 10.7. The number of guanidine groups is 1. The summed E-state index contributed by atoms with van der Waals surface area (Å²) in [5.74, 6) is 3.23. The Hall–Kier alpha value is -0.480. The minimum atomic E-state index is 0. The van der Waals surface area contributed by atoms with Crippen molar-refractivity contribution in [3.05, 3.63) is 0 Å². The van der Waals surface area contributed by atoms with Gasteiger partial charge < -0.3 is 15.4 Å². The molecule has 0 bridgehead atoms. The van der Waals surface area contributed by atoms with Gasteiger partial charge in [0.1, 0.15) is 0 Å². The van der Waals surface area contributed by atoms with Crippen molar-refractivity contribution in [3.63, 3.8) is 0 Å². The number of hydrogen-bond acceptors (Lipinski definition) is 2. The Balaban J connectivity index is 0.00000256. The number of aliphatic imine (C=N–C) groups is 1. The largest absolute Gasteiger partial charge is 0.376 e. The van der Waals surface area contributed by atoms with Crippen molar-refractivity contribution < 1.29 is 4.74 Å². The SMILES string of the molecule is C#CCNC(=NC)NCCOC1CCCC1.I. The molecule has 0 unspecified atom stereocenters. The molecule has 1 aliphatic carbocycles. The van der Waals surface area contributed by atoms with Crippen LogP contribution in [0.25, 0.3) is 0 Å². The summed E-state index contributed by atoms with van der Waals surface area (Å²) in [6, 6.07) is 0. The van der Waals surface area contributed by atoms with Crippen LogP contribution in [0.3, 0.4) is 0 Å². The van der Waals surface area contributed by atoms with E-state index >= 15 is 0 Å². The number of terminal acetylenes is 1. The molecule has 0 aromatic heterocycles. The molecule has 1 aliphatic rings. The molecule has 0 saturated heterocycles. The Morgan fingerprint density at radius 2 is 2.12 bits per heavy atom. The Bertz CT molecular complexity index is 257. The van der Waals surface area contributed by atoms with E-state index in [9.17, 15) is 0 Å². The van der Waals surface area contributed by atoms with E-state index in [0.29, 0.717) is 12.6 Å². The fourth-order valence-electron chi connectivity index (χ4n) is 1.81. The molecule has 2 N–H and O–H groups in total. The molecule has 4 nitrogen and oxygen atoms in total. The van der Waals surface area contributed by atoms with Crippen LogP contribution in [0.2, 0.25) is 0 Å². The zero-order valence-corrected chi connectivity index (χ0v) is 12.7. The predicted octanol–water partition coefficient (Wildman–Crippen LogP) is 1.36. The van der Waals surface area contributed by atoms with Crippen LogP contribution in [0.4, 0.5) is 0 Å². The quantitative estimate of drug-likeness (QED) is 0.259. The molecule has 1 saturated carbocycles. The van der Waals surface area contributed by atoms with E-state index in [0.717, 1.165) is 19.1 Å². The Labute approximate surface area is 121 Å². The summed E-state index contributed by atoms with van der Waals surface area (Å²) in [7, 11) is 1.73. The molecule has 1 fully saturated rings. The van der Waals surface area contributed by atoms with Gasteiger partial charge in [0.05, 0.1) is 19.3 Å². The van der Waals surface area contributed by atoms with E-state index in [1.54, 1.807) is 7.05 Å². The number of halogens is 1. The monoisotopic (exact) mass is 351 g/mol. The highest BCUT2D eigenvalue weighted by Gasteiger charge is 2.14. The molecule has 0 aromatic rings. The maximum Gasteiger partial charge on any atom is 0.191 e. The second-order valence-electron chi connectivity index (χ2n) is 3.83. The molecule has 0 radical (unpaired) electrons. The molecule has 0 atom stereocenters. The third kappa shape index (κ3) is 7.45. The van der Waals surface area contributed by atoms with Crippen molar-refractivity contribution in [1.82, 2.24) is 10.6 Å². The van der Waals surface area contributed by atoms with E-state index < -0.39 is 0 Å². The summed E-state index contributed by atoms with van der Waals surface area (Å²) >= 11 is 0. The van der Waals surface area contributed by atoms with E-state index in [1.165, 1.54) is 25.7 Å². The highest BCUT2D eigenvalue weighted by atomic mass is 127. The Kier molecular flexibility index (Phi) is 10.4. The number of hydrogen-bond donors (Lipinski definition) is 2. The fourth-order valence-corrected chi connectivity index (χ4v) is 1.81. The maximum absolute atomic E-state index is 5.72. The Morgan fingerprint density at radius 1 is 1.41 bits per heavy atom. The third-order valence-corrected chi connectivity index (χ3v) is 2.63. The first-order valence-electron chi connectivity index (χ1n) is 5.86. The van der Waals surface area contributed by atoms with Gasteiger partial charge in [-0.3, -0.25) is 4.99 Å². The highest BCUT2D eigenvalue weighted by molar-refractivity contribution is 14.0.